The minimum Gasteiger partial charge on any atom is -0.480 e. The third-order valence-electron chi connectivity index (χ3n) is 4.41. The molecule has 0 aliphatic carbocycles. The Kier molecular flexibility index (Phi) is 6.10. The van der Waals surface area contributed by atoms with Gasteiger partial charge in [-0.05, 0) is 35.8 Å². The summed E-state index contributed by atoms with van der Waals surface area (Å²) in [6.45, 7) is 1.22. The van der Waals surface area contributed by atoms with Crippen molar-refractivity contribution in [1.29, 1.82) is 5.26 Å². The summed E-state index contributed by atoms with van der Waals surface area (Å²) in [5, 5.41) is 14.1. The second-order valence-corrected chi connectivity index (χ2v) is 6.21. The molecule has 2 aromatic carbocycles. The molecule has 136 valence electrons. The average molecular weight is 360 g/mol. The van der Waals surface area contributed by atoms with Gasteiger partial charge in [-0.1, -0.05) is 36.3 Å². The molecule has 3 rings (SSSR count). The number of fused-ring (bicyclic) bond motifs is 1. The average Bonchev–Trinajstić information content (AvgIpc) is 3.22. The van der Waals surface area contributed by atoms with E-state index in [4.69, 9.17) is 15.9 Å². The molecular weight excluding hydrogens is 340 g/mol. The monoisotopic (exact) mass is 360 g/mol. The molecule has 27 heavy (non-hydrogen) atoms. The number of nitriles is 1. The van der Waals surface area contributed by atoms with Crippen LogP contribution in [0.25, 0.3) is 16.8 Å². The van der Waals surface area contributed by atoms with Crippen LogP contribution in [0.15, 0.2) is 42.0 Å². The van der Waals surface area contributed by atoms with E-state index in [1.165, 1.54) is 0 Å². The first-order valence-electron chi connectivity index (χ1n) is 8.82. The summed E-state index contributed by atoms with van der Waals surface area (Å²) in [5.41, 5.74) is 0.669. The molecule has 0 bridgehead atoms. The van der Waals surface area contributed by atoms with Crippen molar-refractivity contribution in [2.75, 3.05) is 19.8 Å². The molecule has 5 nitrogen and oxygen atoms in total. The molecule has 1 N–H and O–H groups in total. The summed E-state index contributed by atoms with van der Waals surface area (Å²) in [5.74, 6) is 2.54. The number of benzene rings is 2. The summed E-state index contributed by atoms with van der Waals surface area (Å²) < 4.78 is 11.1. The van der Waals surface area contributed by atoms with Gasteiger partial charge in [-0.15, -0.1) is 6.42 Å². The van der Waals surface area contributed by atoms with Crippen LogP contribution in [0.3, 0.4) is 0 Å². The minimum atomic E-state index is -0.427. The van der Waals surface area contributed by atoms with Crippen molar-refractivity contribution in [3.8, 4) is 24.2 Å². The highest BCUT2D eigenvalue weighted by molar-refractivity contribution is 6.05. The van der Waals surface area contributed by atoms with Crippen LogP contribution >= 0.6 is 0 Å². The second-order valence-electron chi connectivity index (χ2n) is 6.21. The van der Waals surface area contributed by atoms with Crippen molar-refractivity contribution in [2.24, 2.45) is 0 Å². The van der Waals surface area contributed by atoms with E-state index in [2.05, 4.69) is 11.2 Å². The number of rotatable bonds is 6. The van der Waals surface area contributed by atoms with Crippen molar-refractivity contribution in [2.45, 2.75) is 18.9 Å². The fourth-order valence-corrected chi connectivity index (χ4v) is 3.07. The molecule has 0 spiro atoms. The lowest BCUT2D eigenvalue weighted by molar-refractivity contribution is -0.117. The molecule has 0 aromatic heterocycles. The number of hydrogen-bond donors (Lipinski definition) is 1. The molecule has 1 fully saturated rings. The van der Waals surface area contributed by atoms with Gasteiger partial charge in [0.15, 0.2) is 0 Å². The SMILES string of the molecule is C#CCOc1ccc2ccccc2c1/C=C(\C#N)C(=O)NC[C@H]1CCCO1. The van der Waals surface area contributed by atoms with Crippen molar-refractivity contribution in [3.63, 3.8) is 0 Å². The Morgan fingerprint density at radius 2 is 2.22 bits per heavy atom. The fourth-order valence-electron chi connectivity index (χ4n) is 3.07. The van der Waals surface area contributed by atoms with Gasteiger partial charge in [0.2, 0.25) is 0 Å². The molecular formula is C22H20N2O3. The lowest BCUT2D eigenvalue weighted by atomic mass is 10.0. The number of hydrogen-bond acceptors (Lipinski definition) is 4. The van der Waals surface area contributed by atoms with Crippen LogP contribution in [0.1, 0.15) is 18.4 Å². The van der Waals surface area contributed by atoms with Crippen molar-refractivity contribution < 1.29 is 14.3 Å². The zero-order valence-corrected chi connectivity index (χ0v) is 14.9. The maximum atomic E-state index is 12.5. The minimum absolute atomic E-state index is 0.00917. The first-order chi connectivity index (χ1) is 13.2. The van der Waals surface area contributed by atoms with E-state index in [-0.39, 0.29) is 18.3 Å². The lowest BCUT2D eigenvalue weighted by Gasteiger charge is -2.12. The summed E-state index contributed by atoms with van der Waals surface area (Å²) in [7, 11) is 0. The van der Waals surface area contributed by atoms with Gasteiger partial charge in [0.1, 0.15) is 24.0 Å². The molecule has 1 aliphatic rings. The quantitative estimate of drug-likeness (QED) is 0.488. The summed E-state index contributed by atoms with van der Waals surface area (Å²) in [6, 6.07) is 13.4. The zero-order chi connectivity index (χ0) is 19.1. The molecule has 1 amide bonds. The van der Waals surface area contributed by atoms with Gasteiger partial charge >= 0.3 is 0 Å². The number of carbonyl (C=O) groups excluding carboxylic acids is 1. The molecule has 0 unspecified atom stereocenters. The molecule has 1 aliphatic heterocycles. The zero-order valence-electron chi connectivity index (χ0n) is 14.9. The van der Waals surface area contributed by atoms with Crippen molar-refractivity contribution in [1.82, 2.24) is 5.32 Å². The van der Waals surface area contributed by atoms with Gasteiger partial charge in [-0.2, -0.15) is 5.26 Å². The van der Waals surface area contributed by atoms with E-state index in [9.17, 15) is 10.1 Å². The predicted molar refractivity (Wildman–Crippen MR) is 104 cm³/mol. The van der Waals surface area contributed by atoms with Crippen molar-refractivity contribution in [3.05, 3.63) is 47.5 Å². The van der Waals surface area contributed by atoms with Crippen LogP contribution in [0, 0.1) is 23.7 Å². The Morgan fingerprint density at radius 3 is 2.96 bits per heavy atom. The van der Waals surface area contributed by atoms with Crippen molar-refractivity contribution >= 4 is 22.8 Å². The second kappa shape index (κ2) is 8.89. The number of terminal acetylenes is 1. The highest BCUT2D eigenvalue weighted by atomic mass is 16.5. The first-order valence-corrected chi connectivity index (χ1v) is 8.82. The Morgan fingerprint density at radius 1 is 1.37 bits per heavy atom. The molecule has 0 saturated carbocycles. The van der Waals surface area contributed by atoms with Crippen LogP contribution < -0.4 is 10.1 Å². The van der Waals surface area contributed by atoms with Gasteiger partial charge in [0.05, 0.1) is 6.10 Å². The highest BCUT2D eigenvalue weighted by Gasteiger charge is 2.18. The van der Waals surface area contributed by atoms with E-state index in [1.54, 1.807) is 12.1 Å². The molecule has 2 aromatic rings. The third kappa shape index (κ3) is 4.47. The fraction of sp³-hybridized carbons (Fsp3) is 0.273. The smallest absolute Gasteiger partial charge is 0.262 e. The van der Waals surface area contributed by atoms with E-state index < -0.39 is 5.91 Å². The number of nitrogens with zero attached hydrogens (tertiary/aromatic N) is 1. The summed E-state index contributed by atoms with van der Waals surface area (Å²) in [6.07, 6.45) is 8.77. The van der Waals surface area contributed by atoms with Gasteiger partial charge in [0.25, 0.3) is 5.91 Å². The Labute approximate surface area is 158 Å². The van der Waals surface area contributed by atoms with E-state index in [1.807, 2.05) is 36.4 Å². The topological polar surface area (TPSA) is 71.3 Å². The van der Waals surface area contributed by atoms with Crippen LogP contribution in [-0.4, -0.2) is 31.8 Å². The van der Waals surface area contributed by atoms with Gasteiger partial charge in [0, 0.05) is 18.7 Å². The lowest BCUT2D eigenvalue weighted by Crippen LogP contribution is -2.32. The standard InChI is InChI=1S/C22H20N2O3/c1-2-11-27-21-10-9-16-6-3-4-8-19(16)20(21)13-17(14-23)22(25)24-15-18-7-5-12-26-18/h1,3-4,6,8-10,13,18H,5,7,11-12,15H2,(H,24,25)/b17-13+/t18-/m1/s1. The summed E-state index contributed by atoms with van der Waals surface area (Å²) in [4.78, 5) is 12.5. The van der Waals surface area contributed by atoms with Gasteiger partial charge in [-0.25, -0.2) is 0 Å². The third-order valence-corrected chi connectivity index (χ3v) is 4.41. The summed E-state index contributed by atoms with van der Waals surface area (Å²) >= 11 is 0. The molecule has 1 saturated heterocycles. The number of nitrogens with one attached hydrogen (secondary N) is 1. The molecule has 1 atom stereocenters. The normalized spacial score (nSPS) is 16.5. The Bertz CT molecular complexity index is 944. The van der Waals surface area contributed by atoms with Gasteiger partial charge in [-0.3, -0.25) is 4.79 Å². The van der Waals surface area contributed by atoms with Crippen LogP contribution in [0.2, 0.25) is 0 Å². The van der Waals surface area contributed by atoms with Crippen LogP contribution in [0.4, 0.5) is 0 Å². The maximum Gasteiger partial charge on any atom is 0.262 e. The largest absolute Gasteiger partial charge is 0.480 e. The predicted octanol–water partition coefficient (Wildman–Crippen LogP) is 3.05. The van der Waals surface area contributed by atoms with Gasteiger partial charge < -0.3 is 14.8 Å². The number of amides is 1. The highest BCUT2D eigenvalue weighted by Crippen LogP contribution is 2.30. The maximum absolute atomic E-state index is 12.5. The number of carbonyl (C=O) groups is 1. The van der Waals surface area contributed by atoms with E-state index >= 15 is 0 Å². The molecule has 0 radical (unpaired) electrons. The first kappa shape index (κ1) is 18.5. The van der Waals surface area contributed by atoms with E-state index in [0.29, 0.717) is 24.5 Å². The molecule has 5 heteroatoms. The Balaban J connectivity index is 1.91. The van der Waals surface area contributed by atoms with Crippen LogP contribution in [0.5, 0.6) is 5.75 Å². The Hall–Kier alpha value is -3.28. The van der Waals surface area contributed by atoms with Crippen LogP contribution in [-0.2, 0) is 9.53 Å². The number of ether oxygens (including phenoxy) is 2. The van der Waals surface area contributed by atoms with E-state index in [0.717, 1.165) is 23.6 Å². The molecule has 1 heterocycles.